The second-order valence-electron chi connectivity index (χ2n) is 3.99. The van der Waals surface area contributed by atoms with E-state index in [0.717, 1.165) is 12.8 Å². The lowest BCUT2D eigenvalue weighted by Crippen LogP contribution is -2.45. The molecule has 1 fully saturated rings. The number of amides is 1. The number of nitrogens with one attached hydrogen (secondary N) is 1. The van der Waals surface area contributed by atoms with E-state index in [1.807, 2.05) is 6.92 Å². The molecule has 5 nitrogen and oxygen atoms in total. The maximum atomic E-state index is 11.7. The predicted molar refractivity (Wildman–Crippen MR) is 62.4 cm³/mol. The van der Waals surface area contributed by atoms with Gasteiger partial charge in [-0.2, -0.15) is 0 Å². The fourth-order valence-electron chi connectivity index (χ4n) is 1.91. The highest BCUT2D eigenvalue weighted by Gasteiger charge is 2.30. The van der Waals surface area contributed by atoms with Gasteiger partial charge in [-0.3, -0.25) is 4.79 Å². The van der Waals surface area contributed by atoms with Crippen molar-refractivity contribution in [3.63, 3.8) is 0 Å². The zero-order valence-electron chi connectivity index (χ0n) is 9.90. The van der Waals surface area contributed by atoms with Crippen LogP contribution >= 0.6 is 0 Å². The van der Waals surface area contributed by atoms with Crippen LogP contribution in [-0.2, 0) is 14.8 Å². The predicted octanol–water partition coefficient (Wildman–Crippen LogP) is 0.184. The molecule has 1 N–H and O–H groups in total. The SMILES string of the molecule is CCNC(=O)[C@@H]1CCCN(S(=O)(=O)CC)C1. The minimum atomic E-state index is -3.15. The van der Waals surface area contributed by atoms with Gasteiger partial charge in [-0.05, 0) is 26.7 Å². The lowest BCUT2D eigenvalue weighted by atomic mass is 9.99. The zero-order chi connectivity index (χ0) is 12.2. The number of rotatable bonds is 4. The summed E-state index contributed by atoms with van der Waals surface area (Å²) in [5.41, 5.74) is 0. The molecule has 0 aliphatic carbocycles. The van der Waals surface area contributed by atoms with Gasteiger partial charge < -0.3 is 5.32 Å². The molecule has 0 radical (unpaired) electrons. The summed E-state index contributed by atoms with van der Waals surface area (Å²) in [7, 11) is -3.15. The molecular weight excluding hydrogens is 228 g/mol. The molecule has 1 saturated heterocycles. The number of hydrogen-bond acceptors (Lipinski definition) is 3. The highest BCUT2D eigenvalue weighted by atomic mass is 32.2. The molecule has 0 bridgehead atoms. The molecular formula is C10H20N2O3S. The molecule has 0 aromatic heterocycles. The van der Waals surface area contributed by atoms with E-state index in [-0.39, 0.29) is 17.6 Å². The number of carbonyl (C=O) groups is 1. The first-order valence-electron chi connectivity index (χ1n) is 5.76. The van der Waals surface area contributed by atoms with Gasteiger partial charge in [-0.1, -0.05) is 0 Å². The quantitative estimate of drug-likeness (QED) is 0.772. The molecule has 0 saturated carbocycles. The third-order valence-electron chi connectivity index (χ3n) is 2.86. The first-order valence-corrected chi connectivity index (χ1v) is 7.37. The standard InChI is InChI=1S/C10H20N2O3S/c1-3-11-10(13)9-6-5-7-12(8-9)16(14,15)4-2/h9H,3-8H2,1-2H3,(H,11,13)/t9-/m1/s1. The summed E-state index contributed by atoms with van der Waals surface area (Å²) in [6, 6.07) is 0. The summed E-state index contributed by atoms with van der Waals surface area (Å²) in [4.78, 5) is 11.6. The van der Waals surface area contributed by atoms with Crippen LogP contribution in [0.4, 0.5) is 0 Å². The van der Waals surface area contributed by atoms with Crippen molar-refractivity contribution in [2.24, 2.45) is 5.92 Å². The second kappa shape index (κ2) is 5.63. The molecule has 1 amide bonds. The van der Waals surface area contributed by atoms with E-state index in [1.54, 1.807) is 6.92 Å². The lowest BCUT2D eigenvalue weighted by Gasteiger charge is -2.30. The van der Waals surface area contributed by atoms with Crippen LogP contribution in [0, 0.1) is 5.92 Å². The number of hydrogen-bond donors (Lipinski definition) is 1. The zero-order valence-corrected chi connectivity index (χ0v) is 10.7. The smallest absolute Gasteiger partial charge is 0.224 e. The highest BCUT2D eigenvalue weighted by Crippen LogP contribution is 2.19. The Morgan fingerprint density at radius 3 is 2.69 bits per heavy atom. The van der Waals surface area contributed by atoms with E-state index in [4.69, 9.17) is 0 Å². The molecule has 0 aromatic rings. The van der Waals surface area contributed by atoms with E-state index in [0.29, 0.717) is 19.6 Å². The van der Waals surface area contributed by atoms with Crippen molar-refractivity contribution >= 4 is 15.9 Å². The van der Waals surface area contributed by atoms with Gasteiger partial charge in [0.15, 0.2) is 0 Å². The maximum Gasteiger partial charge on any atom is 0.224 e. The normalized spacial score (nSPS) is 23.0. The van der Waals surface area contributed by atoms with Crippen molar-refractivity contribution in [1.82, 2.24) is 9.62 Å². The molecule has 16 heavy (non-hydrogen) atoms. The number of nitrogens with zero attached hydrogens (tertiary/aromatic N) is 1. The van der Waals surface area contributed by atoms with E-state index >= 15 is 0 Å². The highest BCUT2D eigenvalue weighted by molar-refractivity contribution is 7.89. The van der Waals surface area contributed by atoms with Crippen LogP contribution in [0.2, 0.25) is 0 Å². The molecule has 1 heterocycles. The van der Waals surface area contributed by atoms with Crippen LogP contribution in [0.1, 0.15) is 26.7 Å². The third kappa shape index (κ3) is 3.18. The van der Waals surface area contributed by atoms with E-state index < -0.39 is 10.0 Å². The molecule has 1 rings (SSSR count). The Bertz CT molecular complexity index is 340. The van der Waals surface area contributed by atoms with E-state index in [1.165, 1.54) is 4.31 Å². The number of piperidine rings is 1. The van der Waals surface area contributed by atoms with E-state index in [9.17, 15) is 13.2 Å². The number of carbonyl (C=O) groups excluding carboxylic acids is 1. The first kappa shape index (κ1) is 13.4. The molecule has 0 aromatic carbocycles. The van der Waals surface area contributed by atoms with Crippen molar-refractivity contribution in [3.05, 3.63) is 0 Å². The van der Waals surface area contributed by atoms with Crippen molar-refractivity contribution < 1.29 is 13.2 Å². The van der Waals surface area contributed by atoms with Crippen molar-refractivity contribution in [2.75, 3.05) is 25.4 Å². The third-order valence-corrected chi connectivity index (χ3v) is 4.71. The van der Waals surface area contributed by atoms with Crippen LogP contribution in [0.15, 0.2) is 0 Å². The van der Waals surface area contributed by atoms with Crippen LogP contribution in [0.5, 0.6) is 0 Å². The Labute approximate surface area is 97.2 Å². The maximum absolute atomic E-state index is 11.7. The summed E-state index contributed by atoms with van der Waals surface area (Å²) < 4.78 is 24.8. The van der Waals surface area contributed by atoms with Gasteiger partial charge in [0.05, 0.1) is 11.7 Å². The van der Waals surface area contributed by atoms with Crippen LogP contribution in [0.3, 0.4) is 0 Å². The van der Waals surface area contributed by atoms with Gasteiger partial charge in [0, 0.05) is 19.6 Å². The fourth-order valence-corrected chi connectivity index (χ4v) is 3.09. The monoisotopic (exact) mass is 248 g/mol. The lowest BCUT2D eigenvalue weighted by molar-refractivity contribution is -0.125. The van der Waals surface area contributed by atoms with Gasteiger partial charge in [0.25, 0.3) is 0 Å². The van der Waals surface area contributed by atoms with Gasteiger partial charge in [0.1, 0.15) is 0 Å². The Morgan fingerprint density at radius 1 is 1.44 bits per heavy atom. The Hall–Kier alpha value is -0.620. The Balaban J connectivity index is 2.64. The molecule has 94 valence electrons. The average Bonchev–Trinajstić information content (AvgIpc) is 2.29. The van der Waals surface area contributed by atoms with Gasteiger partial charge in [-0.25, -0.2) is 12.7 Å². The molecule has 0 unspecified atom stereocenters. The topological polar surface area (TPSA) is 66.5 Å². The van der Waals surface area contributed by atoms with Crippen LogP contribution < -0.4 is 5.32 Å². The minimum absolute atomic E-state index is 0.0292. The van der Waals surface area contributed by atoms with Gasteiger partial charge in [0.2, 0.25) is 15.9 Å². The average molecular weight is 248 g/mol. The van der Waals surface area contributed by atoms with Gasteiger partial charge in [-0.15, -0.1) is 0 Å². The minimum Gasteiger partial charge on any atom is -0.356 e. The van der Waals surface area contributed by atoms with E-state index in [2.05, 4.69) is 5.32 Å². The summed E-state index contributed by atoms with van der Waals surface area (Å²) in [6.45, 7) is 4.97. The Kier molecular flexibility index (Phi) is 4.73. The summed E-state index contributed by atoms with van der Waals surface area (Å²) in [5.74, 6) is -0.108. The van der Waals surface area contributed by atoms with Crippen molar-refractivity contribution in [2.45, 2.75) is 26.7 Å². The Morgan fingerprint density at radius 2 is 2.12 bits per heavy atom. The largest absolute Gasteiger partial charge is 0.356 e. The summed E-state index contributed by atoms with van der Waals surface area (Å²) in [6.07, 6.45) is 1.54. The number of sulfonamides is 1. The summed E-state index contributed by atoms with van der Waals surface area (Å²) >= 11 is 0. The molecule has 1 aliphatic rings. The van der Waals surface area contributed by atoms with Crippen molar-refractivity contribution in [1.29, 1.82) is 0 Å². The van der Waals surface area contributed by atoms with Crippen LogP contribution in [0.25, 0.3) is 0 Å². The summed E-state index contributed by atoms with van der Waals surface area (Å²) in [5, 5.41) is 2.74. The first-order chi connectivity index (χ1) is 7.51. The fraction of sp³-hybridized carbons (Fsp3) is 0.900. The molecule has 6 heteroatoms. The molecule has 0 spiro atoms. The van der Waals surface area contributed by atoms with Crippen molar-refractivity contribution in [3.8, 4) is 0 Å². The molecule has 1 atom stereocenters. The van der Waals surface area contributed by atoms with Gasteiger partial charge >= 0.3 is 0 Å². The second-order valence-corrected chi connectivity index (χ2v) is 6.25. The van der Waals surface area contributed by atoms with Crippen LogP contribution in [-0.4, -0.2) is 44.0 Å². The molecule has 1 aliphatic heterocycles.